The second-order valence-electron chi connectivity index (χ2n) is 5.97. The van der Waals surface area contributed by atoms with Crippen molar-refractivity contribution in [2.75, 3.05) is 6.54 Å². The van der Waals surface area contributed by atoms with Gasteiger partial charge in [-0.15, -0.1) is 0 Å². The molecule has 0 bridgehead atoms. The first-order valence-corrected chi connectivity index (χ1v) is 9.03. The SMILES string of the molecule is Cc1cc(CS(=O)(=O)N2CCCC2C2CCCC2=O)no1. The number of ketones is 1. The summed E-state index contributed by atoms with van der Waals surface area (Å²) in [6.07, 6.45) is 3.91. The van der Waals surface area contributed by atoms with Gasteiger partial charge >= 0.3 is 0 Å². The van der Waals surface area contributed by atoms with Crippen LogP contribution >= 0.6 is 0 Å². The number of hydrogen-bond donors (Lipinski definition) is 0. The molecule has 2 atom stereocenters. The fraction of sp³-hybridized carbons (Fsp3) is 0.714. The Balaban J connectivity index is 1.78. The Hall–Kier alpha value is -1.21. The predicted molar refractivity (Wildman–Crippen MR) is 75.9 cm³/mol. The molecule has 1 saturated carbocycles. The zero-order valence-electron chi connectivity index (χ0n) is 12.1. The van der Waals surface area contributed by atoms with E-state index in [9.17, 15) is 13.2 Å². The van der Waals surface area contributed by atoms with E-state index in [1.165, 1.54) is 4.31 Å². The van der Waals surface area contributed by atoms with Crippen molar-refractivity contribution in [3.63, 3.8) is 0 Å². The molecule has 1 aliphatic carbocycles. The quantitative estimate of drug-likeness (QED) is 0.844. The van der Waals surface area contributed by atoms with Crippen LogP contribution < -0.4 is 0 Å². The van der Waals surface area contributed by atoms with Crippen molar-refractivity contribution in [1.82, 2.24) is 9.46 Å². The van der Waals surface area contributed by atoms with Crippen LogP contribution in [0.3, 0.4) is 0 Å². The number of nitrogens with zero attached hydrogens (tertiary/aromatic N) is 2. The number of carbonyl (C=O) groups is 1. The maximum absolute atomic E-state index is 12.6. The van der Waals surface area contributed by atoms with Crippen LogP contribution in [0.1, 0.15) is 43.6 Å². The number of Topliss-reactive ketones (excluding diaryl/α,β-unsaturated/α-hetero) is 1. The molecule has 116 valence electrons. The molecule has 6 nitrogen and oxygen atoms in total. The van der Waals surface area contributed by atoms with Crippen molar-refractivity contribution >= 4 is 15.8 Å². The zero-order chi connectivity index (χ0) is 15.0. The van der Waals surface area contributed by atoms with Crippen molar-refractivity contribution < 1.29 is 17.7 Å². The van der Waals surface area contributed by atoms with E-state index in [-0.39, 0.29) is 23.5 Å². The average Bonchev–Trinajstić information content (AvgIpc) is 3.09. The van der Waals surface area contributed by atoms with Crippen LogP contribution in [-0.4, -0.2) is 36.2 Å². The fourth-order valence-corrected chi connectivity index (χ4v) is 5.27. The fourth-order valence-electron chi connectivity index (χ4n) is 3.52. The Morgan fingerprint density at radius 1 is 1.38 bits per heavy atom. The third-order valence-corrected chi connectivity index (χ3v) is 6.26. The van der Waals surface area contributed by atoms with E-state index in [1.54, 1.807) is 13.0 Å². The molecule has 1 aromatic heterocycles. The van der Waals surface area contributed by atoms with E-state index in [0.29, 0.717) is 24.4 Å². The molecule has 2 aliphatic rings. The molecule has 1 saturated heterocycles. The summed E-state index contributed by atoms with van der Waals surface area (Å²) in [5, 5.41) is 3.76. The van der Waals surface area contributed by atoms with Gasteiger partial charge in [0.05, 0.1) is 0 Å². The summed E-state index contributed by atoms with van der Waals surface area (Å²) in [5.41, 5.74) is 0.427. The van der Waals surface area contributed by atoms with Crippen LogP contribution in [0.5, 0.6) is 0 Å². The van der Waals surface area contributed by atoms with E-state index >= 15 is 0 Å². The number of aryl methyl sites for hydroxylation is 1. The molecule has 0 N–H and O–H groups in total. The van der Waals surface area contributed by atoms with Crippen LogP contribution in [0.25, 0.3) is 0 Å². The van der Waals surface area contributed by atoms with Crippen molar-refractivity contribution in [3.8, 4) is 0 Å². The smallest absolute Gasteiger partial charge is 0.220 e. The topological polar surface area (TPSA) is 80.5 Å². The molecule has 2 fully saturated rings. The van der Waals surface area contributed by atoms with Gasteiger partial charge in [0.1, 0.15) is 23.0 Å². The Labute approximate surface area is 124 Å². The highest BCUT2D eigenvalue weighted by molar-refractivity contribution is 7.88. The number of aromatic nitrogens is 1. The highest BCUT2D eigenvalue weighted by atomic mass is 32.2. The van der Waals surface area contributed by atoms with Gasteiger partial charge in [-0.1, -0.05) is 5.16 Å². The number of hydrogen-bond acceptors (Lipinski definition) is 5. The van der Waals surface area contributed by atoms with Gasteiger partial charge in [0.2, 0.25) is 10.0 Å². The summed E-state index contributed by atoms with van der Waals surface area (Å²) in [6, 6.07) is 1.49. The lowest BCUT2D eigenvalue weighted by Gasteiger charge is -2.27. The minimum Gasteiger partial charge on any atom is -0.361 e. The largest absolute Gasteiger partial charge is 0.361 e. The van der Waals surface area contributed by atoms with Crippen LogP contribution in [0.15, 0.2) is 10.6 Å². The Morgan fingerprint density at radius 2 is 2.19 bits per heavy atom. The van der Waals surface area contributed by atoms with E-state index in [2.05, 4.69) is 5.16 Å². The van der Waals surface area contributed by atoms with E-state index < -0.39 is 10.0 Å². The predicted octanol–water partition coefficient (Wildman–Crippen LogP) is 1.65. The second kappa shape index (κ2) is 5.53. The van der Waals surface area contributed by atoms with Gasteiger partial charge in [-0.05, 0) is 32.6 Å². The molecule has 7 heteroatoms. The maximum Gasteiger partial charge on any atom is 0.220 e. The summed E-state index contributed by atoms with van der Waals surface area (Å²) >= 11 is 0. The first-order valence-electron chi connectivity index (χ1n) is 7.42. The normalized spacial score (nSPS) is 27.6. The van der Waals surface area contributed by atoms with Gasteiger partial charge in [0.25, 0.3) is 0 Å². The molecule has 1 aliphatic heterocycles. The number of rotatable bonds is 4. The van der Waals surface area contributed by atoms with Crippen LogP contribution in [0.4, 0.5) is 0 Å². The van der Waals surface area contributed by atoms with E-state index in [0.717, 1.165) is 25.7 Å². The summed E-state index contributed by atoms with van der Waals surface area (Å²) in [5.74, 6) is 0.562. The third-order valence-electron chi connectivity index (χ3n) is 4.43. The van der Waals surface area contributed by atoms with Gasteiger partial charge in [0, 0.05) is 31.0 Å². The molecule has 3 rings (SSSR count). The first kappa shape index (κ1) is 14.7. The van der Waals surface area contributed by atoms with Crippen molar-refractivity contribution in [1.29, 1.82) is 0 Å². The lowest BCUT2D eigenvalue weighted by atomic mass is 9.96. The first-order chi connectivity index (χ1) is 9.97. The van der Waals surface area contributed by atoms with Crippen LogP contribution in [-0.2, 0) is 20.6 Å². The second-order valence-corrected chi connectivity index (χ2v) is 7.89. The minimum absolute atomic E-state index is 0.110. The standard InChI is InChI=1S/C14H20N2O4S/c1-10-8-11(15-20-10)9-21(18,19)16-7-3-5-13(16)12-4-2-6-14(12)17/h8,12-13H,2-7,9H2,1H3. The van der Waals surface area contributed by atoms with Crippen molar-refractivity contribution in [3.05, 3.63) is 17.5 Å². The molecule has 21 heavy (non-hydrogen) atoms. The number of sulfonamides is 1. The van der Waals surface area contributed by atoms with Crippen molar-refractivity contribution in [2.45, 2.75) is 50.8 Å². The Morgan fingerprint density at radius 3 is 2.81 bits per heavy atom. The van der Waals surface area contributed by atoms with Gasteiger partial charge in [-0.3, -0.25) is 4.79 Å². The van der Waals surface area contributed by atoms with Gasteiger partial charge in [0.15, 0.2) is 0 Å². The van der Waals surface area contributed by atoms with E-state index in [1.807, 2.05) is 0 Å². The molecule has 2 unspecified atom stereocenters. The van der Waals surface area contributed by atoms with Crippen molar-refractivity contribution in [2.24, 2.45) is 5.92 Å². The monoisotopic (exact) mass is 312 g/mol. The van der Waals surface area contributed by atoms with E-state index in [4.69, 9.17) is 4.52 Å². The molecule has 1 aromatic rings. The van der Waals surface area contributed by atoms with Gasteiger partial charge < -0.3 is 4.52 Å². The Kier molecular flexibility index (Phi) is 3.88. The van der Waals surface area contributed by atoms with Crippen LogP contribution in [0.2, 0.25) is 0 Å². The number of carbonyl (C=O) groups excluding carboxylic acids is 1. The van der Waals surface area contributed by atoms with Crippen LogP contribution in [0, 0.1) is 12.8 Å². The van der Waals surface area contributed by atoms with Gasteiger partial charge in [-0.25, -0.2) is 8.42 Å². The summed E-state index contributed by atoms with van der Waals surface area (Å²) in [4.78, 5) is 11.9. The molecule has 2 heterocycles. The maximum atomic E-state index is 12.6. The highest BCUT2D eigenvalue weighted by Gasteiger charge is 2.43. The summed E-state index contributed by atoms with van der Waals surface area (Å²) in [6.45, 7) is 2.24. The highest BCUT2D eigenvalue weighted by Crippen LogP contribution is 2.35. The molecule has 0 spiro atoms. The summed E-state index contributed by atoms with van der Waals surface area (Å²) < 4.78 is 31.7. The molecular formula is C14H20N2O4S. The molecular weight excluding hydrogens is 292 g/mol. The lowest BCUT2D eigenvalue weighted by Crippen LogP contribution is -2.41. The molecule has 0 amide bonds. The zero-order valence-corrected chi connectivity index (χ0v) is 12.9. The minimum atomic E-state index is -3.45. The third kappa shape index (κ3) is 2.89. The lowest BCUT2D eigenvalue weighted by molar-refractivity contribution is -0.121. The van der Waals surface area contributed by atoms with Gasteiger partial charge in [-0.2, -0.15) is 4.31 Å². The summed E-state index contributed by atoms with van der Waals surface area (Å²) in [7, 11) is -3.45. The Bertz CT molecular complexity index is 637. The average molecular weight is 312 g/mol. The molecule has 0 aromatic carbocycles. The molecule has 0 radical (unpaired) electrons.